The first kappa shape index (κ1) is 21.8. The molecule has 2 fully saturated rings. The van der Waals surface area contributed by atoms with Crippen molar-refractivity contribution in [2.75, 3.05) is 6.61 Å². The molecule has 31 heavy (non-hydrogen) atoms. The van der Waals surface area contributed by atoms with Crippen molar-refractivity contribution in [2.24, 2.45) is 17.8 Å². The molecule has 0 amide bonds. The summed E-state index contributed by atoms with van der Waals surface area (Å²) in [6.07, 6.45) is 13.5. The van der Waals surface area contributed by atoms with Crippen LogP contribution in [0.15, 0.2) is 61.2 Å². The maximum absolute atomic E-state index is 15.0. The van der Waals surface area contributed by atoms with Gasteiger partial charge in [0.1, 0.15) is 24.0 Å². The highest BCUT2D eigenvalue weighted by Gasteiger charge is 2.35. The molecule has 1 nitrogen and oxygen atoms in total. The number of fused-ring (bicyclic) bond motifs is 1. The SMILES string of the molecule is C=CCOc1ccc(-c2ccc(C3CCC4CC(/C=C/C)CCC4C3)cc2F)c(F)c1. The minimum Gasteiger partial charge on any atom is -0.489 e. The van der Waals surface area contributed by atoms with E-state index in [0.29, 0.717) is 23.8 Å². The van der Waals surface area contributed by atoms with E-state index in [2.05, 4.69) is 25.7 Å². The van der Waals surface area contributed by atoms with E-state index in [9.17, 15) is 4.39 Å². The van der Waals surface area contributed by atoms with Crippen LogP contribution in [0, 0.1) is 29.4 Å². The predicted octanol–water partition coefficient (Wildman–Crippen LogP) is 8.07. The molecule has 0 spiro atoms. The Morgan fingerprint density at radius 1 is 0.935 bits per heavy atom. The van der Waals surface area contributed by atoms with Gasteiger partial charge in [-0.1, -0.05) is 36.9 Å². The van der Waals surface area contributed by atoms with Crippen LogP contribution in [0.2, 0.25) is 0 Å². The molecule has 4 rings (SSSR count). The predicted molar refractivity (Wildman–Crippen MR) is 123 cm³/mol. The van der Waals surface area contributed by atoms with Crippen molar-refractivity contribution < 1.29 is 13.5 Å². The molecule has 2 saturated carbocycles. The van der Waals surface area contributed by atoms with Crippen LogP contribution in [0.25, 0.3) is 11.1 Å². The Morgan fingerprint density at radius 3 is 2.35 bits per heavy atom. The lowest BCUT2D eigenvalue weighted by Crippen LogP contribution is -2.30. The van der Waals surface area contributed by atoms with E-state index in [1.54, 1.807) is 30.3 Å². The van der Waals surface area contributed by atoms with Crippen LogP contribution in [0.3, 0.4) is 0 Å². The van der Waals surface area contributed by atoms with Gasteiger partial charge in [0, 0.05) is 17.2 Å². The molecule has 0 aliphatic heterocycles. The van der Waals surface area contributed by atoms with Crippen molar-refractivity contribution in [3.63, 3.8) is 0 Å². The molecule has 2 aliphatic rings. The van der Waals surface area contributed by atoms with Crippen molar-refractivity contribution in [1.82, 2.24) is 0 Å². The van der Waals surface area contributed by atoms with Gasteiger partial charge in [-0.05, 0) is 92.9 Å². The van der Waals surface area contributed by atoms with Gasteiger partial charge >= 0.3 is 0 Å². The van der Waals surface area contributed by atoms with Gasteiger partial charge in [-0.3, -0.25) is 0 Å². The standard InChI is InChI=1S/C28H32F2O/c1-3-5-19-6-7-21-16-22(9-8-20(21)15-19)23-10-12-25(27(29)17-23)26-13-11-24(18-28(26)30)31-14-4-2/h3-5,10-13,17-22H,2,6-9,14-16H2,1H3/b5-3+. The van der Waals surface area contributed by atoms with Crippen molar-refractivity contribution in [1.29, 1.82) is 0 Å². The summed E-state index contributed by atoms with van der Waals surface area (Å²) >= 11 is 0. The third kappa shape index (κ3) is 4.92. The van der Waals surface area contributed by atoms with Crippen molar-refractivity contribution in [3.8, 4) is 16.9 Å². The Hall–Kier alpha value is -2.42. The van der Waals surface area contributed by atoms with Crippen LogP contribution in [-0.4, -0.2) is 6.61 Å². The van der Waals surface area contributed by atoms with Crippen LogP contribution >= 0.6 is 0 Å². The fourth-order valence-electron chi connectivity index (χ4n) is 5.64. The summed E-state index contributed by atoms with van der Waals surface area (Å²) < 4.78 is 35.0. The summed E-state index contributed by atoms with van der Waals surface area (Å²) in [6, 6.07) is 9.92. The van der Waals surface area contributed by atoms with Crippen molar-refractivity contribution in [2.45, 2.75) is 51.4 Å². The first-order chi connectivity index (χ1) is 15.1. The lowest BCUT2D eigenvalue weighted by atomic mass is 9.64. The number of hydrogen-bond donors (Lipinski definition) is 0. The second kappa shape index (κ2) is 9.80. The second-order valence-corrected chi connectivity index (χ2v) is 9.11. The topological polar surface area (TPSA) is 9.23 Å². The van der Waals surface area contributed by atoms with Gasteiger partial charge in [-0.25, -0.2) is 8.78 Å². The summed E-state index contributed by atoms with van der Waals surface area (Å²) in [6.45, 7) is 6.00. The number of allylic oxidation sites excluding steroid dienone is 2. The summed E-state index contributed by atoms with van der Waals surface area (Å²) in [5.74, 6) is 2.29. The smallest absolute Gasteiger partial charge is 0.134 e. The zero-order chi connectivity index (χ0) is 21.8. The quantitative estimate of drug-likeness (QED) is 0.428. The maximum atomic E-state index is 15.0. The minimum absolute atomic E-state index is 0.265. The number of ether oxygens (including phenoxy) is 1. The largest absolute Gasteiger partial charge is 0.489 e. The molecule has 2 aromatic carbocycles. The molecule has 0 radical (unpaired) electrons. The summed E-state index contributed by atoms with van der Waals surface area (Å²) in [5.41, 5.74) is 1.62. The van der Waals surface area contributed by atoms with Crippen LogP contribution < -0.4 is 4.74 Å². The maximum Gasteiger partial charge on any atom is 0.134 e. The summed E-state index contributed by atoms with van der Waals surface area (Å²) in [5, 5.41) is 0. The van der Waals surface area contributed by atoms with Gasteiger partial charge in [0.15, 0.2) is 0 Å². The second-order valence-electron chi connectivity index (χ2n) is 9.11. The van der Waals surface area contributed by atoms with Gasteiger partial charge in [0.25, 0.3) is 0 Å². The van der Waals surface area contributed by atoms with Gasteiger partial charge in [-0.2, -0.15) is 0 Å². The minimum atomic E-state index is -0.480. The Labute approximate surface area is 184 Å². The van der Waals surface area contributed by atoms with Gasteiger partial charge in [-0.15, -0.1) is 0 Å². The molecule has 164 valence electrons. The van der Waals surface area contributed by atoms with Gasteiger partial charge in [0.2, 0.25) is 0 Å². The lowest BCUT2D eigenvalue weighted by molar-refractivity contribution is 0.133. The molecule has 2 aromatic rings. The highest BCUT2D eigenvalue weighted by molar-refractivity contribution is 5.66. The van der Waals surface area contributed by atoms with Crippen molar-refractivity contribution in [3.05, 3.63) is 78.4 Å². The van der Waals surface area contributed by atoms with Crippen LogP contribution in [0.4, 0.5) is 8.78 Å². The highest BCUT2D eigenvalue weighted by atomic mass is 19.1. The Bertz CT molecular complexity index is 948. The van der Waals surface area contributed by atoms with E-state index in [1.165, 1.54) is 31.7 Å². The Morgan fingerprint density at radius 2 is 1.65 bits per heavy atom. The molecular weight excluding hydrogens is 390 g/mol. The molecule has 4 atom stereocenters. The van der Waals surface area contributed by atoms with E-state index in [1.807, 2.05) is 6.07 Å². The molecular formula is C28H32F2O. The molecule has 0 aromatic heterocycles. The monoisotopic (exact) mass is 422 g/mol. The number of benzene rings is 2. The number of hydrogen-bond acceptors (Lipinski definition) is 1. The summed E-state index contributed by atoms with van der Waals surface area (Å²) in [4.78, 5) is 0. The van der Waals surface area contributed by atoms with E-state index in [-0.39, 0.29) is 11.4 Å². The Kier molecular flexibility index (Phi) is 6.89. The highest BCUT2D eigenvalue weighted by Crippen LogP contribution is 2.48. The average molecular weight is 423 g/mol. The van der Waals surface area contributed by atoms with Crippen LogP contribution in [0.5, 0.6) is 5.75 Å². The molecule has 0 heterocycles. The number of rotatable bonds is 6. The molecule has 0 saturated heterocycles. The fraction of sp³-hybridized carbons (Fsp3) is 0.429. The fourth-order valence-corrected chi connectivity index (χ4v) is 5.64. The zero-order valence-corrected chi connectivity index (χ0v) is 18.3. The number of halogens is 2. The van der Waals surface area contributed by atoms with E-state index in [0.717, 1.165) is 36.2 Å². The molecule has 0 bridgehead atoms. The van der Waals surface area contributed by atoms with Crippen LogP contribution in [-0.2, 0) is 0 Å². The average Bonchev–Trinajstić information content (AvgIpc) is 2.78. The van der Waals surface area contributed by atoms with Crippen LogP contribution in [0.1, 0.15) is 56.9 Å². The first-order valence-electron chi connectivity index (χ1n) is 11.5. The normalized spacial score (nSPS) is 25.9. The van der Waals surface area contributed by atoms with E-state index < -0.39 is 5.82 Å². The molecule has 4 unspecified atom stereocenters. The summed E-state index contributed by atoms with van der Waals surface area (Å²) in [7, 11) is 0. The molecule has 3 heteroatoms. The van der Waals surface area contributed by atoms with Gasteiger partial charge < -0.3 is 4.74 Å². The van der Waals surface area contributed by atoms with Crippen molar-refractivity contribution >= 4 is 0 Å². The molecule has 0 N–H and O–H groups in total. The third-order valence-corrected chi connectivity index (χ3v) is 7.18. The van der Waals surface area contributed by atoms with Gasteiger partial charge in [0.05, 0.1) is 0 Å². The first-order valence-corrected chi connectivity index (χ1v) is 11.5. The van der Waals surface area contributed by atoms with E-state index in [4.69, 9.17) is 4.74 Å². The Balaban J connectivity index is 1.47. The van der Waals surface area contributed by atoms with E-state index >= 15 is 4.39 Å². The third-order valence-electron chi connectivity index (χ3n) is 7.18. The molecule has 2 aliphatic carbocycles. The zero-order valence-electron chi connectivity index (χ0n) is 18.3. The lowest BCUT2D eigenvalue weighted by Gasteiger charge is -2.41.